The molecule has 1 N–H and O–H groups in total. The number of para-hydroxylation sites is 1. The molecule has 5 heteroatoms. The number of aromatic nitrogens is 2. The van der Waals surface area contributed by atoms with E-state index in [2.05, 4.69) is 21.4 Å². The van der Waals surface area contributed by atoms with Crippen molar-refractivity contribution in [2.24, 2.45) is 0 Å². The van der Waals surface area contributed by atoms with E-state index >= 15 is 0 Å². The zero-order valence-electron chi connectivity index (χ0n) is 10.00. The molecule has 2 aromatic heterocycles. The van der Waals surface area contributed by atoms with Crippen LogP contribution in [0.4, 0.5) is 5.82 Å². The van der Waals surface area contributed by atoms with Crippen molar-refractivity contribution in [1.82, 2.24) is 9.97 Å². The number of fused-ring (bicyclic) bond motifs is 1. The van der Waals surface area contributed by atoms with Crippen molar-refractivity contribution < 1.29 is 0 Å². The van der Waals surface area contributed by atoms with Crippen LogP contribution >= 0.6 is 11.3 Å². The van der Waals surface area contributed by atoms with E-state index in [9.17, 15) is 5.26 Å². The Morgan fingerprint density at radius 3 is 3.00 bits per heavy atom. The van der Waals surface area contributed by atoms with E-state index in [1.807, 2.05) is 29.6 Å². The van der Waals surface area contributed by atoms with E-state index in [-0.39, 0.29) is 0 Å². The van der Waals surface area contributed by atoms with Crippen molar-refractivity contribution >= 4 is 28.1 Å². The molecule has 0 spiro atoms. The summed E-state index contributed by atoms with van der Waals surface area (Å²) in [6, 6.07) is 11.6. The number of rotatable bonds is 3. The van der Waals surface area contributed by atoms with Gasteiger partial charge in [0.25, 0.3) is 0 Å². The molecule has 0 aliphatic carbocycles. The molecular weight excluding hydrogens is 256 g/mol. The first-order valence-electron chi connectivity index (χ1n) is 5.79. The second kappa shape index (κ2) is 5.04. The number of hydrogen-bond acceptors (Lipinski definition) is 5. The first-order chi connectivity index (χ1) is 9.36. The average molecular weight is 266 g/mol. The van der Waals surface area contributed by atoms with Gasteiger partial charge in [-0.3, -0.25) is 0 Å². The maximum atomic E-state index is 9.20. The highest BCUT2D eigenvalue weighted by molar-refractivity contribution is 7.09. The third-order valence-electron chi connectivity index (χ3n) is 2.74. The Labute approximate surface area is 114 Å². The molecule has 2 heterocycles. The monoisotopic (exact) mass is 266 g/mol. The highest BCUT2D eigenvalue weighted by Gasteiger charge is 2.05. The summed E-state index contributed by atoms with van der Waals surface area (Å²) in [6.45, 7) is 0.619. The van der Waals surface area contributed by atoms with Crippen molar-refractivity contribution in [2.45, 2.75) is 6.54 Å². The zero-order valence-corrected chi connectivity index (χ0v) is 10.8. The van der Waals surface area contributed by atoms with Gasteiger partial charge in [-0.2, -0.15) is 5.26 Å². The molecule has 0 saturated heterocycles. The SMILES string of the molecule is N#Cc1cc(NCc2nccs2)nc2ccccc12. The molecule has 0 aliphatic heterocycles. The van der Waals surface area contributed by atoms with Crippen molar-refractivity contribution in [2.75, 3.05) is 5.32 Å². The summed E-state index contributed by atoms with van der Waals surface area (Å²) in [5.74, 6) is 0.699. The van der Waals surface area contributed by atoms with E-state index in [0.717, 1.165) is 15.9 Å². The molecule has 0 saturated carbocycles. The van der Waals surface area contributed by atoms with Crippen molar-refractivity contribution in [3.63, 3.8) is 0 Å². The number of nitriles is 1. The fourth-order valence-electron chi connectivity index (χ4n) is 1.86. The Kier molecular flexibility index (Phi) is 3.09. The lowest BCUT2D eigenvalue weighted by Crippen LogP contribution is -2.01. The minimum atomic E-state index is 0.619. The molecule has 19 heavy (non-hydrogen) atoms. The van der Waals surface area contributed by atoms with Gasteiger partial charge in [0.05, 0.1) is 23.7 Å². The van der Waals surface area contributed by atoms with Gasteiger partial charge in [0, 0.05) is 17.0 Å². The topological polar surface area (TPSA) is 61.6 Å². The molecule has 3 aromatic rings. The third-order valence-corrected chi connectivity index (χ3v) is 3.52. The van der Waals surface area contributed by atoms with Gasteiger partial charge in [0.15, 0.2) is 0 Å². The van der Waals surface area contributed by atoms with Crippen LogP contribution in [0.25, 0.3) is 10.9 Å². The lowest BCUT2D eigenvalue weighted by molar-refractivity contribution is 1.08. The van der Waals surface area contributed by atoms with E-state index in [1.54, 1.807) is 23.6 Å². The van der Waals surface area contributed by atoms with Crippen LogP contribution in [0, 0.1) is 11.3 Å². The van der Waals surface area contributed by atoms with Crippen LogP contribution in [-0.4, -0.2) is 9.97 Å². The summed E-state index contributed by atoms with van der Waals surface area (Å²) in [5, 5.41) is 16.2. The Hall–Kier alpha value is -2.45. The van der Waals surface area contributed by atoms with Gasteiger partial charge in [-0.05, 0) is 12.1 Å². The predicted octanol–water partition coefficient (Wildman–Crippen LogP) is 3.18. The lowest BCUT2D eigenvalue weighted by atomic mass is 10.1. The van der Waals surface area contributed by atoms with Crippen LogP contribution in [0.15, 0.2) is 41.9 Å². The fourth-order valence-corrected chi connectivity index (χ4v) is 2.42. The summed E-state index contributed by atoms with van der Waals surface area (Å²) in [4.78, 5) is 8.70. The molecular formula is C14H10N4S. The zero-order chi connectivity index (χ0) is 13.1. The maximum absolute atomic E-state index is 9.20. The first kappa shape index (κ1) is 11.6. The molecule has 1 aromatic carbocycles. The van der Waals surface area contributed by atoms with Gasteiger partial charge < -0.3 is 5.32 Å². The van der Waals surface area contributed by atoms with Crippen LogP contribution in [0.5, 0.6) is 0 Å². The van der Waals surface area contributed by atoms with E-state index in [1.165, 1.54) is 0 Å². The van der Waals surface area contributed by atoms with Gasteiger partial charge in [0.2, 0.25) is 0 Å². The summed E-state index contributed by atoms with van der Waals surface area (Å²) in [5.41, 5.74) is 1.45. The summed E-state index contributed by atoms with van der Waals surface area (Å²) in [7, 11) is 0. The second-order valence-corrected chi connectivity index (χ2v) is 4.94. The molecule has 4 nitrogen and oxygen atoms in total. The number of nitrogens with zero attached hydrogens (tertiary/aromatic N) is 3. The Balaban J connectivity index is 1.94. The normalized spacial score (nSPS) is 10.3. The molecule has 0 radical (unpaired) electrons. The Morgan fingerprint density at radius 1 is 1.32 bits per heavy atom. The van der Waals surface area contributed by atoms with Crippen LogP contribution in [0.1, 0.15) is 10.6 Å². The standard InChI is InChI=1S/C14H10N4S/c15-8-10-7-13(17-9-14-16-5-6-19-14)18-12-4-2-1-3-11(10)12/h1-7H,9H2,(H,17,18). The summed E-state index contributed by atoms with van der Waals surface area (Å²) in [6.07, 6.45) is 1.77. The second-order valence-electron chi connectivity index (χ2n) is 3.96. The predicted molar refractivity (Wildman–Crippen MR) is 75.9 cm³/mol. The Morgan fingerprint density at radius 2 is 2.21 bits per heavy atom. The van der Waals surface area contributed by atoms with Gasteiger partial charge in [-0.1, -0.05) is 18.2 Å². The molecule has 0 atom stereocenters. The highest BCUT2D eigenvalue weighted by atomic mass is 32.1. The van der Waals surface area contributed by atoms with E-state index < -0.39 is 0 Å². The van der Waals surface area contributed by atoms with Gasteiger partial charge >= 0.3 is 0 Å². The van der Waals surface area contributed by atoms with E-state index in [4.69, 9.17) is 0 Å². The van der Waals surface area contributed by atoms with Gasteiger partial charge in [0.1, 0.15) is 10.8 Å². The highest BCUT2D eigenvalue weighted by Crippen LogP contribution is 2.20. The van der Waals surface area contributed by atoms with Crippen molar-refractivity contribution in [3.8, 4) is 6.07 Å². The number of pyridine rings is 1. The minimum Gasteiger partial charge on any atom is -0.364 e. The average Bonchev–Trinajstić information content (AvgIpc) is 2.97. The van der Waals surface area contributed by atoms with Gasteiger partial charge in [-0.15, -0.1) is 11.3 Å². The molecule has 0 bridgehead atoms. The summed E-state index contributed by atoms with van der Waals surface area (Å²) >= 11 is 1.59. The molecule has 92 valence electrons. The van der Waals surface area contributed by atoms with Crippen LogP contribution in [-0.2, 0) is 6.54 Å². The molecule has 0 aliphatic rings. The van der Waals surface area contributed by atoms with Crippen molar-refractivity contribution in [3.05, 3.63) is 52.5 Å². The molecule has 3 rings (SSSR count). The number of hydrogen-bond donors (Lipinski definition) is 1. The number of thiazole rings is 1. The largest absolute Gasteiger partial charge is 0.364 e. The van der Waals surface area contributed by atoms with Crippen molar-refractivity contribution in [1.29, 1.82) is 5.26 Å². The quantitative estimate of drug-likeness (QED) is 0.791. The molecule has 0 unspecified atom stereocenters. The Bertz CT molecular complexity index is 744. The smallest absolute Gasteiger partial charge is 0.128 e. The lowest BCUT2D eigenvalue weighted by Gasteiger charge is -2.06. The van der Waals surface area contributed by atoms with Crippen LogP contribution in [0.3, 0.4) is 0 Å². The number of benzene rings is 1. The first-order valence-corrected chi connectivity index (χ1v) is 6.67. The van der Waals surface area contributed by atoms with E-state index in [0.29, 0.717) is 17.9 Å². The third kappa shape index (κ3) is 2.39. The molecule has 0 fully saturated rings. The number of nitrogens with one attached hydrogen (secondary N) is 1. The van der Waals surface area contributed by atoms with Crippen LogP contribution < -0.4 is 5.32 Å². The maximum Gasteiger partial charge on any atom is 0.128 e. The molecule has 0 amide bonds. The fraction of sp³-hybridized carbons (Fsp3) is 0.0714. The minimum absolute atomic E-state index is 0.619. The number of anilines is 1. The van der Waals surface area contributed by atoms with Gasteiger partial charge in [-0.25, -0.2) is 9.97 Å². The summed E-state index contributed by atoms with van der Waals surface area (Å²) < 4.78 is 0. The van der Waals surface area contributed by atoms with Crippen LogP contribution in [0.2, 0.25) is 0 Å².